The highest BCUT2D eigenvalue weighted by Gasteiger charge is 2.48. The minimum atomic E-state index is -0.684. The topological polar surface area (TPSA) is 72.9 Å². The van der Waals surface area contributed by atoms with E-state index in [0.29, 0.717) is 58.6 Å². The van der Waals surface area contributed by atoms with Crippen molar-refractivity contribution >= 4 is 17.5 Å². The molecule has 2 aliphatic heterocycles. The Labute approximate surface area is 189 Å². The van der Waals surface area contributed by atoms with Crippen LogP contribution in [0.2, 0.25) is 0 Å². The van der Waals surface area contributed by atoms with Gasteiger partial charge in [0.15, 0.2) is 6.10 Å². The van der Waals surface area contributed by atoms with Crippen molar-refractivity contribution in [1.29, 1.82) is 0 Å². The van der Waals surface area contributed by atoms with Gasteiger partial charge >= 0.3 is 0 Å². The molecule has 1 atom stereocenters. The van der Waals surface area contributed by atoms with Crippen molar-refractivity contribution in [3.8, 4) is 11.8 Å². The van der Waals surface area contributed by atoms with E-state index in [1.54, 1.807) is 11.8 Å². The quantitative estimate of drug-likeness (QED) is 0.526. The zero-order chi connectivity index (χ0) is 22.9. The van der Waals surface area contributed by atoms with E-state index in [1.165, 1.54) is 0 Å². The van der Waals surface area contributed by atoms with Gasteiger partial charge < -0.3 is 14.4 Å². The van der Waals surface area contributed by atoms with E-state index in [1.807, 2.05) is 26.0 Å². The van der Waals surface area contributed by atoms with E-state index in [9.17, 15) is 14.4 Å². The molecule has 3 aliphatic rings. The number of ether oxygens (including phenoxy) is 2. The fourth-order valence-electron chi connectivity index (χ4n) is 5.54. The SMILES string of the molecule is CC#Cc1cc(C)c(C2C(=O)CC3(CCN(C(=O)[C@@H]4COCCO4)CC3)CC2=O)c(C)c1. The molecule has 1 aromatic rings. The first-order chi connectivity index (χ1) is 15.3. The van der Waals surface area contributed by atoms with E-state index in [4.69, 9.17) is 9.47 Å². The van der Waals surface area contributed by atoms with Crippen LogP contribution < -0.4 is 0 Å². The third-order valence-corrected chi connectivity index (χ3v) is 7.12. The van der Waals surface area contributed by atoms with Gasteiger partial charge in [0.25, 0.3) is 5.91 Å². The van der Waals surface area contributed by atoms with Gasteiger partial charge in [0.2, 0.25) is 0 Å². The van der Waals surface area contributed by atoms with Crippen LogP contribution in [0.4, 0.5) is 0 Å². The van der Waals surface area contributed by atoms with Crippen molar-refractivity contribution in [2.45, 2.75) is 58.5 Å². The molecule has 3 fully saturated rings. The molecule has 6 heteroatoms. The van der Waals surface area contributed by atoms with Gasteiger partial charge in [-0.05, 0) is 67.9 Å². The molecule has 1 aliphatic carbocycles. The van der Waals surface area contributed by atoms with Crippen molar-refractivity contribution in [3.05, 3.63) is 34.4 Å². The van der Waals surface area contributed by atoms with Crippen LogP contribution in [0.15, 0.2) is 12.1 Å². The van der Waals surface area contributed by atoms with Crippen LogP contribution in [0.5, 0.6) is 0 Å². The number of carbonyl (C=O) groups excluding carboxylic acids is 3. The molecule has 170 valence electrons. The van der Waals surface area contributed by atoms with Gasteiger partial charge in [-0.1, -0.05) is 5.92 Å². The number of carbonyl (C=O) groups is 3. The van der Waals surface area contributed by atoms with Crippen molar-refractivity contribution in [3.63, 3.8) is 0 Å². The summed E-state index contributed by atoms with van der Waals surface area (Å²) in [4.78, 5) is 41.1. The monoisotopic (exact) mass is 437 g/mol. The molecule has 4 rings (SSSR count). The number of amides is 1. The summed E-state index contributed by atoms with van der Waals surface area (Å²) >= 11 is 0. The van der Waals surface area contributed by atoms with Crippen LogP contribution in [0.1, 0.15) is 60.8 Å². The Balaban J connectivity index is 1.46. The standard InChI is InChI=1S/C26H31NO5/c1-4-5-19-12-17(2)23(18(3)13-19)24-20(28)14-26(15-21(24)29)6-8-27(9-7-26)25(30)22-16-31-10-11-32-22/h12-13,22,24H,6-11,14-16H2,1-3H3/t22-/m0/s1. The van der Waals surface area contributed by atoms with Crippen LogP contribution in [0.3, 0.4) is 0 Å². The number of hydrogen-bond donors (Lipinski definition) is 0. The fourth-order valence-corrected chi connectivity index (χ4v) is 5.54. The van der Waals surface area contributed by atoms with E-state index in [0.717, 1.165) is 22.3 Å². The number of aryl methyl sites for hydroxylation is 2. The number of likely N-dealkylation sites (tertiary alicyclic amines) is 1. The Morgan fingerprint density at radius 1 is 1.06 bits per heavy atom. The molecule has 2 saturated heterocycles. The maximum Gasteiger partial charge on any atom is 0.254 e. The lowest BCUT2D eigenvalue weighted by Gasteiger charge is -2.45. The molecule has 6 nitrogen and oxygen atoms in total. The molecule has 0 radical (unpaired) electrons. The molecule has 0 bridgehead atoms. The van der Waals surface area contributed by atoms with Gasteiger partial charge in [0, 0.05) is 31.5 Å². The Bertz CT molecular complexity index is 944. The molecule has 32 heavy (non-hydrogen) atoms. The second-order valence-electron chi connectivity index (χ2n) is 9.38. The lowest BCUT2D eigenvalue weighted by molar-refractivity contribution is -0.160. The highest BCUT2D eigenvalue weighted by Crippen LogP contribution is 2.46. The van der Waals surface area contributed by atoms with Crippen LogP contribution >= 0.6 is 0 Å². The second kappa shape index (κ2) is 9.17. The summed E-state index contributed by atoms with van der Waals surface area (Å²) < 4.78 is 10.9. The minimum Gasteiger partial charge on any atom is -0.376 e. The van der Waals surface area contributed by atoms with Crippen molar-refractivity contribution in [2.75, 3.05) is 32.9 Å². The summed E-state index contributed by atoms with van der Waals surface area (Å²) in [5, 5.41) is 0. The van der Waals surface area contributed by atoms with Crippen molar-refractivity contribution in [1.82, 2.24) is 4.90 Å². The molecule has 1 spiro atoms. The summed E-state index contributed by atoms with van der Waals surface area (Å²) in [5.41, 5.74) is 3.31. The Kier molecular flexibility index (Phi) is 6.50. The van der Waals surface area contributed by atoms with Gasteiger partial charge in [-0.15, -0.1) is 5.92 Å². The third kappa shape index (κ3) is 4.37. The average Bonchev–Trinajstić information content (AvgIpc) is 2.76. The number of benzene rings is 1. The van der Waals surface area contributed by atoms with E-state index in [2.05, 4.69) is 11.8 Å². The molecule has 1 saturated carbocycles. The summed E-state index contributed by atoms with van der Waals surface area (Å²) in [6.07, 6.45) is 1.58. The number of piperidine rings is 1. The Hall–Kier alpha value is -2.49. The molecule has 0 aromatic heterocycles. The first-order valence-electron chi connectivity index (χ1n) is 11.4. The Morgan fingerprint density at radius 2 is 1.69 bits per heavy atom. The van der Waals surface area contributed by atoms with Crippen molar-refractivity contribution in [2.24, 2.45) is 5.41 Å². The van der Waals surface area contributed by atoms with E-state index in [-0.39, 0.29) is 22.9 Å². The lowest BCUT2D eigenvalue weighted by atomic mass is 9.62. The van der Waals surface area contributed by atoms with Gasteiger partial charge in [-0.2, -0.15) is 0 Å². The maximum atomic E-state index is 13.3. The van der Waals surface area contributed by atoms with Crippen molar-refractivity contribution < 1.29 is 23.9 Å². The largest absolute Gasteiger partial charge is 0.376 e. The highest BCUT2D eigenvalue weighted by molar-refractivity contribution is 6.10. The lowest BCUT2D eigenvalue weighted by Crippen LogP contribution is -2.52. The van der Waals surface area contributed by atoms with Crippen LogP contribution in [-0.2, 0) is 23.9 Å². The number of ketones is 2. The molecule has 0 N–H and O–H groups in total. The second-order valence-corrected chi connectivity index (χ2v) is 9.38. The molecular formula is C26H31NO5. The normalized spacial score (nSPS) is 23.7. The third-order valence-electron chi connectivity index (χ3n) is 7.12. The summed E-state index contributed by atoms with van der Waals surface area (Å²) in [6.45, 7) is 8.04. The molecule has 1 amide bonds. The highest BCUT2D eigenvalue weighted by atomic mass is 16.6. The minimum absolute atomic E-state index is 0.00515. The molecule has 2 heterocycles. The number of nitrogens with zero attached hydrogens (tertiary/aromatic N) is 1. The van der Waals surface area contributed by atoms with E-state index < -0.39 is 12.0 Å². The summed E-state index contributed by atoms with van der Waals surface area (Å²) in [6, 6.07) is 3.93. The molecular weight excluding hydrogens is 406 g/mol. The van der Waals surface area contributed by atoms with Gasteiger partial charge in [-0.25, -0.2) is 0 Å². The molecule has 0 unspecified atom stereocenters. The van der Waals surface area contributed by atoms with Gasteiger partial charge in [0.05, 0.1) is 19.8 Å². The molecule has 1 aromatic carbocycles. The van der Waals surface area contributed by atoms with E-state index >= 15 is 0 Å². The number of hydrogen-bond acceptors (Lipinski definition) is 5. The van der Waals surface area contributed by atoms with Gasteiger partial charge in [-0.3, -0.25) is 14.4 Å². The van der Waals surface area contributed by atoms with Gasteiger partial charge in [0.1, 0.15) is 17.5 Å². The predicted molar refractivity (Wildman–Crippen MR) is 119 cm³/mol. The fraction of sp³-hybridized carbons (Fsp3) is 0.577. The summed E-state index contributed by atoms with van der Waals surface area (Å²) in [5.74, 6) is 5.23. The first kappa shape index (κ1) is 22.7. The smallest absolute Gasteiger partial charge is 0.254 e. The maximum absolute atomic E-state index is 13.3. The average molecular weight is 438 g/mol. The first-order valence-corrected chi connectivity index (χ1v) is 11.4. The Morgan fingerprint density at radius 3 is 2.22 bits per heavy atom. The number of rotatable bonds is 2. The zero-order valence-electron chi connectivity index (χ0n) is 19.2. The van der Waals surface area contributed by atoms with Crippen LogP contribution in [0.25, 0.3) is 0 Å². The summed E-state index contributed by atoms with van der Waals surface area (Å²) in [7, 11) is 0. The van der Waals surface area contributed by atoms with Crippen LogP contribution in [-0.4, -0.2) is 61.4 Å². The van der Waals surface area contributed by atoms with Crippen LogP contribution in [0, 0.1) is 31.1 Å². The number of Topliss-reactive ketones (excluding diaryl/α,β-unsaturated/α-hetero) is 2. The zero-order valence-corrected chi connectivity index (χ0v) is 19.2. The predicted octanol–water partition coefficient (Wildman–Crippen LogP) is 2.71.